The summed E-state index contributed by atoms with van der Waals surface area (Å²) in [5, 5.41) is 2.00. The van der Waals surface area contributed by atoms with Crippen molar-refractivity contribution in [1.82, 2.24) is 19.9 Å². The molecule has 282 valence electrons. The third-order valence-electron chi connectivity index (χ3n) is 10.9. The number of anilines is 3. The van der Waals surface area contributed by atoms with Crippen molar-refractivity contribution in [2.45, 2.75) is 0 Å². The monoisotopic (exact) mass is 769 g/mol. The first kappa shape index (κ1) is 35.0. The molecule has 1 aliphatic heterocycles. The highest BCUT2D eigenvalue weighted by molar-refractivity contribution is 6.02. The lowest BCUT2D eigenvalue weighted by Crippen LogP contribution is -2.15. The number of ether oxygens (including phenoxy) is 1. The Morgan fingerprint density at radius 2 is 0.750 bits per heavy atom. The quantitative estimate of drug-likeness (QED) is 0.161. The van der Waals surface area contributed by atoms with E-state index in [0.29, 0.717) is 11.6 Å². The molecule has 60 heavy (non-hydrogen) atoms. The highest BCUT2D eigenvalue weighted by Gasteiger charge is 2.26. The molecule has 1 aliphatic rings. The molecule has 0 unspecified atom stereocenters. The standard InChI is InChI=1S/C54H35N5O/c1-5-17-36(18-6-1)45-34-46(37-19-7-2-8-20-37)56-53(55-45)41-31-40-32-42(59-49-25-13-15-27-51(49)60-52-28-16-14-26-50(52)59)29-30-43(40)44(33-41)54-57-47(38-21-9-3-10-22-38)35-48(58-54)39-23-11-4-12-24-39/h1-35H. The van der Waals surface area contributed by atoms with E-state index >= 15 is 0 Å². The lowest BCUT2D eigenvalue weighted by molar-refractivity contribution is 0.477. The van der Waals surface area contributed by atoms with Crippen LogP contribution in [0.15, 0.2) is 212 Å². The minimum absolute atomic E-state index is 0.605. The molecule has 6 nitrogen and oxygen atoms in total. The summed E-state index contributed by atoms with van der Waals surface area (Å²) in [7, 11) is 0. The minimum Gasteiger partial charge on any atom is -0.453 e. The van der Waals surface area contributed by atoms with Crippen LogP contribution in [0.1, 0.15) is 0 Å². The van der Waals surface area contributed by atoms with Crippen molar-refractivity contribution >= 4 is 27.8 Å². The summed E-state index contributed by atoms with van der Waals surface area (Å²) >= 11 is 0. The van der Waals surface area contributed by atoms with Crippen LogP contribution in [0, 0.1) is 0 Å². The molecule has 3 heterocycles. The molecular weight excluding hydrogens is 735 g/mol. The van der Waals surface area contributed by atoms with Crippen molar-refractivity contribution in [2.24, 2.45) is 0 Å². The molecule has 0 atom stereocenters. The maximum Gasteiger partial charge on any atom is 0.161 e. The SMILES string of the molecule is c1ccc(-c2cc(-c3ccccc3)nc(-c3cc(-c4nc(-c5ccccc5)cc(-c5ccccc5)n4)c4ccc(N5c6ccccc6Oc6ccccc65)cc4c3)n2)cc1. The number of nitrogens with zero attached hydrogens (tertiary/aromatic N) is 5. The third-order valence-corrected chi connectivity index (χ3v) is 10.9. The lowest BCUT2D eigenvalue weighted by atomic mass is 9.97. The highest BCUT2D eigenvalue weighted by Crippen LogP contribution is 2.51. The van der Waals surface area contributed by atoms with E-state index in [-0.39, 0.29) is 0 Å². The first-order valence-electron chi connectivity index (χ1n) is 20.0. The molecule has 0 spiro atoms. The number of aromatic nitrogens is 4. The van der Waals surface area contributed by atoms with Crippen LogP contribution < -0.4 is 9.64 Å². The van der Waals surface area contributed by atoms with E-state index < -0.39 is 0 Å². The fraction of sp³-hybridized carbons (Fsp3) is 0. The Morgan fingerprint density at radius 3 is 1.22 bits per heavy atom. The molecule has 0 aliphatic carbocycles. The summed E-state index contributed by atoms with van der Waals surface area (Å²) in [4.78, 5) is 23.4. The van der Waals surface area contributed by atoms with Crippen LogP contribution in [0.25, 0.3) is 78.6 Å². The Morgan fingerprint density at radius 1 is 0.333 bits per heavy atom. The van der Waals surface area contributed by atoms with Gasteiger partial charge in [0, 0.05) is 39.1 Å². The molecule has 0 bridgehead atoms. The molecule has 0 radical (unpaired) electrons. The van der Waals surface area contributed by atoms with Crippen LogP contribution in [0.4, 0.5) is 17.1 Å². The number of rotatable bonds is 7. The number of hydrogen-bond donors (Lipinski definition) is 0. The van der Waals surface area contributed by atoms with Gasteiger partial charge in [0.05, 0.1) is 34.2 Å². The average Bonchev–Trinajstić information content (AvgIpc) is 3.33. The molecule has 6 heteroatoms. The second-order valence-electron chi connectivity index (χ2n) is 14.7. The number of para-hydroxylation sites is 4. The summed E-state index contributed by atoms with van der Waals surface area (Å²) in [5.74, 6) is 2.81. The molecule has 0 fully saturated rings. The van der Waals surface area contributed by atoms with Crippen molar-refractivity contribution in [1.29, 1.82) is 0 Å². The zero-order chi connectivity index (χ0) is 39.8. The van der Waals surface area contributed by atoms with Gasteiger partial charge in [-0.1, -0.05) is 152 Å². The van der Waals surface area contributed by atoms with E-state index in [0.717, 1.165) is 95.5 Å². The number of hydrogen-bond acceptors (Lipinski definition) is 6. The van der Waals surface area contributed by atoms with Crippen LogP contribution in [-0.2, 0) is 0 Å². The molecular formula is C54H35N5O. The molecule has 11 rings (SSSR count). The van der Waals surface area contributed by atoms with Gasteiger partial charge in [0.1, 0.15) is 0 Å². The Balaban J connectivity index is 1.18. The molecule has 0 N–H and O–H groups in total. The maximum atomic E-state index is 6.39. The summed E-state index contributed by atoms with van der Waals surface area (Å²) in [6.45, 7) is 0. The van der Waals surface area contributed by atoms with Crippen molar-refractivity contribution in [3.8, 4) is 79.3 Å². The van der Waals surface area contributed by atoms with E-state index in [1.165, 1.54) is 0 Å². The van der Waals surface area contributed by atoms with E-state index in [2.05, 4.69) is 108 Å². The van der Waals surface area contributed by atoms with Gasteiger partial charge in [0.15, 0.2) is 23.1 Å². The van der Waals surface area contributed by atoms with Crippen LogP contribution >= 0.6 is 0 Å². The van der Waals surface area contributed by atoms with Crippen molar-refractivity contribution in [3.05, 3.63) is 212 Å². The first-order chi connectivity index (χ1) is 29.7. The second-order valence-corrected chi connectivity index (χ2v) is 14.7. The van der Waals surface area contributed by atoms with Crippen LogP contribution in [-0.4, -0.2) is 19.9 Å². The van der Waals surface area contributed by atoms with Gasteiger partial charge in [0.25, 0.3) is 0 Å². The molecule has 0 saturated heterocycles. The molecule has 8 aromatic carbocycles. The topological polar surface area (TPSA) is 64.0 Å². The number of fused-ring (bicyclic) bond motifs is 3. The predicted octanol–water partition coefficient (Wildman–Crippen LogP) is 14.0. The van der Waals surface area contributed by atoms with Gasteiger partial charge in [0.2, 0.25) is 0 Å². The maximum absolute atomic E-state index is 6.39. The Hall–Kier alpha value is -8.22. The zero-order valence-electron chi connectivity index (χ0n) is 32.4. The summed E-state index contributed by atoms with van der Waals surface area (Å²) < 4.78 is 6.39. The highest BCUT2D eigenvalue weighted by atomic mass is 16.5. The summed E-state index contributed by atoms with van der Waals surface area (Å²) in [6.07, 6.45) is 0. The van der Waals surface area contributed by atoms with Gasteiger partial charge in [-0.15, -0.1) is 0 Å². The minimum atomic E-state index is 0.605. The van der Waals surface area contributed by atoms with Gasteiger partial charge in [-0.3, -0.25) is 0 Å². The first-order valence-corrected chi connectivity index (χ1v) is 20.0. The molecule has 2 aromatic heterocycles. The van der Waals surface area contributed by atoms with E-state index in [4.69, 9.17) is 24.7 Å². The van der Waals surface area contributed by atoms with Gasteiger partial charge in [-0.2, -0.15) is 0 Å². The van der Waals surface area contributed by atoms with Crippen molar-refractivity contribution in [2.75, 3.05) is 4.90 Å². The third kappa shape index (κ3) is 6.52. The largest absolute Gasteiger partial charge is 0.453 e. The fourth-order valence-corrected chi connectivity index (χ4v) is 7.96. The summed E-state index contributed by atoms with van der Waals surface area (Å²) in [5.41, 5.74) is 12.0. The molecule has 0 saturated carbocycles. The van der Waals surface area contributed by atoms with Crippen molar-refractivity contribution < 1.29 is 4.74 Å². The number of benzene rings is 8. The van der Waals surface area contributed by atoms with Gasteiger partial charge < -0.3 is 9.64 Å². The average molecular weight is 770 g/mol. The van der Waals surface area contributed by atoms with Crippen LogP contribution in [0.3, 0.4) is 0 Å². The van der Waals surface area contributed by atoms with E-state index in [1.807, 2.05) is 109 Å². The second kappa shape index (κ2) is 14.9. The molecule has 10 aromatic rings. The van der Waals surface area contributed by atoms with Crippen LogP contribution in [0.5, 0.6) is 11.5 Å². The van der Waals surface area contributed by atoms with E-state index in [1.54, 1.807) is 0 Å². The lowest BCUT2D eigenvalue weighted by Gasteiger charge is -2.33. The summed E-state index contributed by atoms with van der Waals surface area (Å²) in [6, 6.07) is 72.5. The normalized spacial score (nSPS) is 11.8. The predicted molar refractivity (Wildman–Crippen MR) is 243 cm³/mol. The van der Waals surface area contributed by atoms with E-state index in [9.17, 15) is 0 Å². The Bertz CT molecular complexity index is 3010. The zero-order valence-corrected chi connectivity index (χ0v) is 32.4. The van der Waals surface area contributed by atoms with Crippen LogP contribution in [0.2, 0.25) is 0 Å². The van der Waals surface area contributed by atoms with Gasteiger partial charge in [-0.05, 0) is 71.4 Å². The Labute approximate surface area is 347 Å². The Kier molecular flexibility index (Phi) is 8.71. The van der Waals surface area contributed by atoms with Gasteiger partial charge >= 0.3 is 0 Å². The molecule has 0 amide bonds. The van der Waals surface area contributed by atoms with Crippen molar-refractivity contribution in [3.63, 3.8) is 0 Å². The fourth-order valence-electron chi connectivity index (χ4n) is 7.96. The van der Waals surface area contributed by atoms with Gasteiger partial charge in [-0.25, -0.2) is 19.9 Å². The smallest absolute Gasteiger partial charge is 0.161 e.